The SMILES string of the molecule is C1CCSC1.C1CCSC1. The summed E-state index contributed by atoms with van der Waals surface area (Å²) in [5.74, 6) is 5.67. The van der Waals surface area contributed by atoms with Crippen molar-refractivity contribution in [3.8, 4) is 0 Å². The lowest BCUT2D eigenvalue weighted by Crippen LogP contribution is -1.58. The highest BCUT2D eigenvalue weighted by Gasteiger charge is 1.96. The normalized spacial score (nSPS) is 24.0. The Morgan fingerprint density at radius 3 is 0.900 bits per heavy atom. The second kappa shape index (κ2) is 6.41. The molecule has 0 spiro atoms. The minimum absolute atomic E-state index is 1.42. The van der Waals surface area contributed by atoms with Crippen LogP contribution in [0, 0.1) is 0 Å². The van der Waals surface area contributed by atoms with Gasteiger partial charge in [-0.2, -0.15) is 23.5 Å². The third-order valence-electron chi connectivity index (χ3n) is 1.65. The molecular formula is C8H16S2. The zero-order valence-corrected chi connectivity index (χ0v) is 8.11. The minimum atomic E-state index is 1.42. The molecule has 0 unspecified atom stereocenters. The van der Waals surface area contributed by atoms with E-state index in [1.54, 1.807) is 0 Å². The first kappa shape index (κ1) is 8.79. The average molecular weight is 176 g/mol. The van der Waals surface area contributed by atoms with Gasteiger partial charge in [0.1, 0.15) is 0 Å². The summed E-state index contributed by atoms with van der Waals surface area (Å²) >= 11 is 4.15. The van der Waals surface area contributed by atoms with Crippen LogP contribution in [-0.4, -0.2) is 23.0 Å². The van der Waals surface area contributed by atoms with Gasteiger partial charge < -0.3 is 0 Å². The molecular weight excluding hydrogens is 160 g/mol. The molecule has 0 nitrogen and oxygen atoms in total. The summed E-state index contributed by atoms with van der Waals surface area (Å²) in [7, 11) is 0. The van der Waals surface area contributed by atoms with Crippen LogP contribution in [0.4, 0.5) is 0 Å². The molecule has 0 bridgehead atoms. The number of hydrogen-bond acceptors (Lipinski definition) is 2. The predicted octanol–water partition coefficient (Wildman–Crippen LogP) is 3.03. The van der Waals surface area contributed by atoms with E-state index in [1.807, 2.05) is 0 Å². The fourth-order valence-corrected chi connectivity index (χ4v) is 3.06. The van der Waals surface area contributed by atoms with Gasteiger partial charge in [-0.1, -0.05) is 0 Å². The fraction of sp³-hybridized carbons (Fsp3) is 1.00. The molecule has 2 heteroatoms. The zero-order valence-electron chi connectivity index (χ0n) is 6.47. The Hall–Kier alpha value is 0.700. The van der Waals surface area contributed by atoms with Crippen molar-refractivity contribution >= 4 is 23.5 Å². The molecule has 2 aliphatic rings. The Morgan fingerprint density at radius 2 is 0.800 bits per heavy atom. The Balaban J connectivity index is 0.0000001000. The van der Waals surface area contributed by atoms with Gasteiger partial charge in [0.2, 0.25) is 0 Å². The van der Waals surface area contributed by atoms with E-state index < -0.39 is 0 Å². The van der Waals surface area contributed by atoms with Gasteiger partial charge in [-0.15, -0.1) is 0 Å². The summed E-state index contributed by atoms with van der Waals surface area (Å²) in [6.45, 7) is 0. The average Bonchev–Trinajstić information content (AvgIpc) is 2.67. The maximum absolute atomic E-state index is 2.07. The van der Waals surface area contributed by atoms with Gasteiger partial charge in [0.25, 0.3) is 0 Å². The quantitative estimate of drug-likeness (QED) is 0.556. The van der Waals surface area contributed by atoms with E-state index >= 15 is 0 Å². The summed E-state index contributed by atoms with van der Waals surface area (Å²) in [4.78, 5) is 0. The molecule has 2 heterocycles. The topological polar surface area (TPSA) is 0 Å². The van der Waals surface area contributed by atoms with Crippen molar-refractivity contribution in [1.29, 1.82) is 0 Å². The number of rotatable bonds is 0. The van der Waals surface area contributed by atoms with Gasteiger partial charge in [-0.05, 0) is 48.7 Å². The maximum atomic E-state index is 2.07. The molecule has 2 aliphatic heterocycles. The van der Waals surface area contributed by atoms with Crippen molar-refractivity contribution in [1.82, 2.24) is 0 Å². The second-order valence-electron chi connectivity index (χ2n) is 2.64. The molecule has 2 rings (SSSR count). The highest BCUT2D eigenvalue weighted by Crippen LogP contribution is 2.15. The molecule has 0 aromatic heterocycles. The number of thioether (sulfide) groups is 2. The van der Waals surface area contributed by atoms with Gasteiger partial charge in [0.05, 0.1) is 0 Å². The smallest absolute Gasteiger partial charge is 0.00672 e. The fourth-order valence-electron chi connectivity index (χ4n) is 1.02. The van der Waals surface area contributed by atoms with E-state index in [0.717, 1.165) is 0 Å². The van der Waals surface area contributed by atoms with E-state index in [9.17, 15) is 0 Å². The largest absolute Gasteiger partial charge is 0.162 e. The third kappa shape index (κ3) is 4.51. The van der Waals surface area contributed by atoms with Gasteiger partial charge >= 0.3 is 0 Å². The molecule has 0 aromatic carbocycles. The first-order chi connectivity index (χ1) is 5.00. The molecule has 60 valence electrons. The van der Waals surface area contributed by atoms with E-state index in [1.165, 1.54) is 48.7 Å². The Morgan fingerprint density at radius 1 is 0.500 bits per heavy atom. The van der Waals surface area contributed by atoms with Crippen LogP contribution in [0.1, 0.15) is 25.7 Å². The maximum Gasteiger partial charge on any atom is -0.00672 e. The zero-order chi connectivity index (χ0) is 7.07. The van der Waals surface area contributed by atoms with Crippen molar-refractivity contribution in [2.45, 2.75) is 25.7 Å². The van der Waals surface area contributed by atoms with Crippen molar-refractivity contribution in [3.05, 3.63) is 0 Å². The Bertz CT molecular complexity index is 40.4. The number of hydrogen-bond donors (Lipinski definition) is 0. The van der Waals surface area contributed by atoms with Crippen molar-refractivity contribution in [2.24, 2.45) is 0 Å². The van der Waals surface area contributed by atoms with Crippen LogP contribution in [0.25, 0.3) is 0 Å². The monoisotopic (exact) mass is 176 g/mol. The van der Waals surface area contributed by atoms with Crippen LogP contribution in [-0.2, 0) is 0 Å². The minimum Gasteiger partial charge on any atom is -0.162 e. The molecule has 0 saturated carbocycles. The first-order valence-electron chi connectivity index (χ1n) is 4.15. The van der Waals surface area contributed by atoms with Gasteiger partial charge in [-0.3, -0.25) is 0 Å². The van der Waals surface area contributed by atoms with Crippen LogP contribution >= 0.6 is 23.5 Å². The summed E-state index contributed by atoms with van der Waals surface area (Å²) in [6.07, 6.45) is 5.85. The van der Waals surface area contributed by atoms with Crippen molar-refractivity contribution < 1.29 is 0 Å². The lowest BCUT2D eigenvalue weighted by atomic mass is 10.4. The predicted molar refractivity (Wildman–Crippen MR) is 53.1 cm³/mol. The van der Waals surface area contributed by atoms with Crippen molar-refractivity contribution in [2.75, 3.05) is 23.0 Å². The van der Waals surface area contributed by atoms with E-state index in [-0.39, 0.29) is 0 Å². The molecule has 2 fully saturated rings. The van der Waals surface area contributed by atoms with E-state index in [2.05, 4.69) is 23.5 Å². The molecule has 0 N–H and O–H groups in total. The van der Waals surface area contributed by atoms with Crippen LogP contribution in [0.15, 0.2) is 0 Å². The summed E-state index contributed by atoms with van der Waals surface area (Å²) in [5, 5.41) is 0. The lowest BCUT2D eigenvalue weighted by Gasteiger charge is -1.69. The van der Waals surface area contributed by atoms with E-state index in [0.29, 0.717) is 0 Å². The molecule has 0 aromatic rings. The summed E-state index contributed by atoms with van der Waals surface area (Å²) < 4.78 is 0. The van der Waals surface area contributed by atoms with Gasteiger partial charge in [-0.25, -0.2) is 0 Å². The molecule has 0 amide bonds. The molecule has 10 heavy (non-hydrogen) atoms. The molecule has 2 saturated heterocycles. The highest BCUT2D eigenvalue weighted by molar-refractivity contribution is 7.99. The summed E-state index contributed by atoms with van der Waals surface area (Å²) in [5.41, 5.74) is 0. The third-order valence-corrected chi connectivity index (χ3v) is 3.96. The Labute approximate surface area is 72.5 Å². The van der Waals surface area contributed by atoms with Crippen molar-refractivity contribution in [3.63, 3.8) is 0 Å². The molecule has 0 aliphatic carbocycles. The second-order valence-corrected chi connectivity index (χ2v) is 5.09. The van der Waals surface area contributed by atoms with Gasteiger partial charge in [0.15, 0.2) is 0 Å². The molecule has 0 radical (unpaired) electrons. The first-order valence-corrected chi connectivity index (χ1v) is 6.46. The van der Waals surface area contributed by atoms with Crippen LogP contribution in [0.3, 0.4) is 0 Å². The van der Waals surface area contributed by atoms with Crippen LogP contribution in [0.5, 0.6) is 0 Å². The highest BCUT2D eigenvalue weighted by atomic mass is 32.2. The lowest BCUT2D eigenvalue weighted by molar-refractivity contribution is 0.949. The van der Waals surface area contributed by atoms with Gasteiger partial charge in [0, 0.05) is 0 Å². The standard InChI is InChI=1S/2C4H8S/c2*1-2-4-5-3-1/h2*1-4H2. The summed E-state index contributed by atoms with van der Waals surface area (Å²) in [6, 6.07) is 0. The van der Waals surface area contributed by atoms with Crippen LogP contribution < -0.4 is 0 Å². The van der Waals surface area contributed by atoms with Crippen LogP contribution in [0.2, 0.25) is 0 Å². The van der Waals surface area contributed by atoms with E-state index in [4.69, 9.17) is 0 Å². The molecule has 0 atom stereocenters. The Kier molecular flexibility index (Phi) is 5.64.